The fraction of sp³-hybridized carbons (Fsp3) is 0.500. The molecule has 3 nitrogen and oxygen atoms in total. The maximum Gasteiger partial charge on any atom is 0.162 e. The number of ether oxygens (including phenoxy) is 2. The quantitative estimate of drug-likeness (QED) is 0.904. The summed E-state index contributed by atoms with van der Waals surface area (Å²) < 4.78 is 12.0. The predicted octanol–water partition coefficient (Wildman–Crippen LogP) is 3.27. The van der Waals surface area contributed by atoms with E-state index >= 15 is 0 Å². The minimum absolute atomic E-state index is 0.0377. The fourth-order valence-electron chi connectivity index (χ4n) is 1.44. The normalized spacial score (nSPS) is 12.3. The van der Waals surface area contributed by atoms with Crippen molar-refractivity contribution in [2.45, 2.75) is 26.8 Å². The minimum Gasteiger partial charge on any atom is -0.490 e. The van der Waals surface area contributed by atoms with Gasteiger partial charge in [0.05, 0.1) is 13.2 Å². The molecule has 0 fully saturated rings. The summed E-state index contributed by atoms with van der Waals surface area (Å²) in [7, 11) is 0. The Morgan fingerprint density at radius 3 is 2.12 bits per heavy atom. The van der Waals surface area contributed by atoms with E-state index in [1.54, 1.807) is 0 Å². The summed E-state index contributed by atoms with van der Waals surface area (Å²) in [5.74, 6) is 1.50. The Morgan fingerprint density at radius 2 is 1.69 bits per heavy atom. The first-order valence-corrected chi connectivity index (χ1v) is 6.24. The van der Waals surface area contributed by atoms with Gasteiger partial charge in [-0.05, 0) is 38.5 Å². The molecule has 0 aliphatic rings. The molecular weight excluding hydrogens is 270 g/mol. The summed E-state index contributed by atoms with van der Waals surface area (Å²) in [6.07, 6.45) is 0. The predicted molar refractivity (Wildman–Crippen MR) is 69.1 cm³/mol. The lowest BCUT2D eigenvalue weighted by molar-refractivity contribution is 0.287. The SMILES string of the molecule is CCOc1cc(Br)c([C@@H](C)N)cc1OCC. The zero-order valence-electron chi connectivity index (χ0n) is 9.92. The molecule has 1 aromatic rings. The van der Waals surface area contributed by atoms with E-state index in [4.69, 9.17) is 15.2 Å². The standard InChI is InChI=1S/C12H18BrNO2/c1-4-15-11-6-9(8(3)14)10(13)7-12(11)16-5-2/h6-8H,4-5,14H2,1-3H3/t8-/m1/s1. The molecule has 16 heavy (non-hydrogen) atoms. The van der Waals surface area contributed by atoms with Crippen LogP contribution in [0.1, 0.15) is 32.4 Å². The number of rotatable bonds is 5. The van der Waals surface area contributed by atoms with Gasteiger partial charge in [0.2, 0.25) is 0 Å². The number of halogens is 1. The van der Waals surface area contributed by atoms with Crippen LogP contribution in [0.3, 0.4) is 0 Å². The van der Waals surface area contributed by atoms with Crippen molar-refractivity contribution in [3.63, 3.8) is 0 Å². The highest BCUT2D eigenvalue weighted by Crippen LogP contribution is 2.35. The Balaban J connectivity index is 3.14. The smallest absolute Gasteiger partial charge is 0.162 e. The third-order valence-corrected chi connectivity index (χ3v) is 2.84. The number of hydrogen-bond donors (Lipinski definition) is 1. The van der Waals surface area contributed by atoms with Gasteiger partial charge in [0.1, 0.15) is 0 Å². The molecule has 0 aromatic heterocycles. The van der Waals surface area contributed by atoms with Gasteiger partial charge in [-0.25, -0.2) is 0 Å². The maximum absolute atomic E-state index is 5.88. The molecular formula is C12H18BrNO2. The van der Waals surface area contributed by atoms with Crippen molar-refractivity contribution in [1.82, 2.24) is 0 Å². The lowest BCUT2D eigenvalue weighted by Crippen LogP contribution is -2.07. The molecule has 1 atom stereocenters. The van der Waals surface area contributed by atoms with Crippen LogP contribution in [-0.4, -0.2) is 13.2 Å². The zero-order chi connectivity index (χ0) is 12.1. The van der Waals surface area contributed by atoms with Gasteiger partial charge >= 0.3 is 0 Å². The molecule has 2 N–H and O–H groups in total. The molecule has 4 heteroatoms. The van der Waals surface area contributed by atoms with Gasteiger partial charge in [0.25, 0.3) is 0 Å². The van der Waals surface area contributed by atoms with Crippen LogP contribution >= 0.6 is 15.9 Å². The number of nitrogens with two attached hydrogens (primary N) is 1. The molecule has 0 aliphatic heterocycles. The summed E-state index contributed by atoms with van der Waals surface area (Å²) >= 11 is 3.49. The highest BCUT2D eigenvalue weighted by atomic mass is 79.9. The maximum atomic E-state index is 5.88. The lowest BCUT2D eigenvalue weighted by atomic mass is 10.1. The highest BCUT2D eigenvalue weighted by Gasteiger charge is 2.12. The molecule has 1 rings (SSSR count). The van der Waals surface area contributed by atoms with Gasteiger partial charge in [-0.1, -0.05) is 15.9 Å². The van der Waals surface area contributed by atoms with E-state index in [0.717, 1.165) is 21.5 Å². The van der Waals surface area contributed by atoms with Gasteiger partial charge in [0, 0.05) is 10.5 Å². The number of benzene rings is 1. The van der Waals surface area contributed by atoms with Gasteiger partial charge in [-0.2, -0.15) is 0 Å². The van der Waals surface area contributed by atoms with Crippen molar-refractivity contribution < 1.29 is 9.47 Å². The molecule has 0 radical (unpaired) electrons. The molecule has 0 amide bonds. The molecule has 0 bridgehead atoms. The van der Waals surface area contributed by atoms with E-state index in [0.29, 0.717) is 13.2 Å². The first kappa shape index (κ1) is 13.3. The van der Waals surface area contributed by atoms with Crippen LogP contribution in [0.25, 0.3) is 0 Å². The van der Waals surface area contributed by atoms with E-state index < -0.39 is 0 Å². The average molecular weight is 288 g/mol. The van der Waals surface area contributed by atoms with Crippen LogP contribution in [0.5, 0.6) is 11.5 Å². The fourth-order valence-corrected chi connectivity index (χ4v) is 2.12. The van der Waals surface area contributed by atoms with Crippen LogP contribution < -0.4 is 15.2 Å². The minimum atomic E-state index is -0.0377. The molecule has 90 valence electrons. The van der Waals surface area contributed by atoms with Gasteiger partial charge in [0.15, 0.2) is 11.5 Å². The number of hydrogen-bond acceptors (Lipinski definition) is 3. The van der Waals surface area contributed by atoms with Crippen LogP contribution in [0.4, 0.5) is 0 Å². The first-order chi connectivity index (χ1) is 7.60. The molecule has 1 aromatic carbocycles. The topological polar surface area (TPSA) is 44.5 Å². The zero-order valence-corrected chi connectivity index (χ0v) is 11.5. The summed E-state index contributed by atoms with van der Waals surface area (Å²) in [6, 6.07) is 3.81. The van der Waals surface area contributed by atoms with Crippen molar-refractivity contribution in [2.24, 2.45) is 5.73 Å². The van der Waals surface area contributed by atoms with E-state index in [9.17, 15) is 0 Å². The average Bonchev–Trinajstić information content (AvgIpc) is 2.22. The van der Waals surface area contributed by atoms with Crippen molar-refractivity contribution >= 4 is 15.9 Å². The van der Waals surface area contributed by atoms with E-state index in [2.05, 4.69) is 15.9 Å². The molecule has 0 spiro atoms. The third kappa shape index (κ3) is 3.12. The van der Waals surface area contributed by atoms with Gasteiger partial charge in [-0.15, -0.1) is 0 Å². The van der Waals surface area contributed by atoms with E-state index in [-0.39, 0.29) is 6.04 Å². The highest BCUT2D eigenvalue weighted by molar-refractivity contribution is 9.10. The Kier molecular flexibility index (Phi) is 5.09. The lowest BCUT2D eigenvalue weighted by Gasteiger charge is -2.15. The Hall–Kier alpha value is -0.740. The molecule has 0 saturated carbocycles. The first-order valence-electron chi connectivity index (χ1n) is 5.44. The summed E-state index contributed by atoms with van der Waals surface area (Å²) in [5, 5.41) is 0. The van der Waals surface area contributed by atoms with Crippen LogP contribution in [-0.2, 0) is 0 Å². The largest absolute Gasteiger partial charge is 0.490 e. The second kappa shape index (κ2) is 6.11. The molecule has 0 unspecified atom stereocenters. The molecule has 0 heterocycles. The van der Waals surface area contributed by atoms with Crippen LogP contribution in [0.15, 0.2) is 16.6 Å². The second-order valence-corrected chi connectivity index (χ2v) is 4.33. The Bertz CT molecular complexity index is 353. The summed E-state index contributed by atoms with van der Waals surface area (Å²) in [5.41, 5.74) is 6.90. The molecule has 0 saturated heterocycles. The van der Waals surface area contributed by atoms with Gasteiger partial charge < -0.3 is 15.2 Å². The van der Waals surface area contributed by atoms with Crippen molar-refractivity contribution in [2.75, 3.05) is 13.2 Å². The summed E-state index contributed by atoms with van der Waals surface area (Å²) in [6.45, 7) is 7.06. The van der Waals surface area contributed by atoms with E-state index in [1.165, 1.54) is 0 Å². The monoisotopic (exact) mass is 287 g/mol. The van der Waals surface area contributed by atoms with Crippen LogP contribution in [0, 0.1) is 0 Å². The second-order valence-electron chi connectivity index (χ2n) is 3.48. The van der Waals surface area contributed by atoms with E-state index in [1.807, 2.05) is 32.9 Å². The van der Waals surface area contributed by atoms with Crippen LogP contribution in [0.2, 0.25) is 0 Å². The van der Waals surface area contributed by atoms with Crippen molar-refractivity contribution in [3.05, 3.63) is 22.2 Å². The third-order valence-electron chi connectivity index (χ3n) is 2.15. The van der Waals surface area contributed by atoms with Crippen molar-refractivity contribution in [3.8, 4) is 11.5 Å². The molecule has 0 aliphatic carbocycles. The van der Waals surface area contributed by atoms with Crippen molar-refractivity contribution in [1.29, 1.82) is 0 Å². The van der Waals surface area contributed by atoms with Gasteiger partial charge in [-0.3, -0.25) is 0 Å². The summed E-state index contributed by atoms with van der Waals surface area (Å²) in [4.78, 5) is 0. The Morgan fingerprint density at radius 1 is 1.19 bits per heavy atom. The Labute approximate surface area is 105 Å².